The molecular weight excluding hydrogens is 430 g/mol. The fourth-order valence-electron chi connectivity index (χ4n) is 2.82. The van der Waals surface area contributed by atoms with E-state index in [1.807, 2.05) is 30.3 Å². The van der Waals surface area contributed by atoms with E-state index in [0.717, 1.165) is 5.69 Å². The highest BCUT2D eigenvalue weighted by Gasteiger charge is 2.27. The van der Waals surface area contributed by atoms with Crippen LogP contribution in [0.1, 0.15) is 12.8 Å². The molecule has 1 aliphatic rings. The van der Waals surface area contributed by atoms with E-state index in [-0.39, 0.29) is 29.2 Å². The van der Waals surface area contributed by atoms with Crippen LogP contribution in [0.4, 0.5) is 5.69 Å². The monoisotopic (exact) mass is 451 g/mol. The first-order valence-corrected chi connectivity index (χ1v) is 11.8. The van der Waals surface area contributed by atoms with Crippen LogP contribution in [0.5, 0.6) is 0 Å². The summed E-state index contributed by atoms with van der Waals surface area (Å²) in [7, 11) is 0. The summed E-state index contributed by atoms with van der Waals surface area (Å²) in [5, 5.41) is 10.9. The van der Waals surface area contributed by atoms with Gasteiger partial charge in [0.2, 0.25) is 17.7 Å². The number of hydrogen-bond donors (Lipinski definition) is 2. The molecule has 8 nitrogen and oxygen atoms in total. The molecule has 0 atom stereocenters. The Morgan fingerprint density at radius 2 is 1.69 bits per heavy atom. The van der Waals surface area contributed by atoms with E-state index in [0.29, 0.717) is 34.6 Å². The van der Waals surface area contributed by atoms with E-state index < -0.39 is 5.91 Å². The number of carbonyl (C=O) groups excluding carboxylic acids is 3. The second kappa shape index (κ2) is 10.6. The van der Waals surface area contributed by atoms with Crippen molar-refractivity contribution in [3.05, 3.63) is 30.3 Å². The zero-order chi connectivity index (χ0) is 20.6. The van der Waals surface area contributed by atoms with E-state index in [1.165, 1.54) is 34.9 Å². The summed E-state index contributed by atoms with van der Waals surface area (Å²) in [6.07, 6.45) is 1.31. The third-order valence-electron chi connectivity index (χ3n) is 4.30. The molecule has 0 spiro atoms. The first-order chi connectivity index (χ1) is 14.0. The molecule has 0 radical (unpaired) electrons. The summed E-state index contributed by atoms with van der Waals surface area (Å²) >= 11 is 3.91. The Kier molecular flexibility index (Phi) is 7.90. The number of rotatable bonds is 8. The first kappa shape index (κ1) is 21.6. The fraction of sp³-hybridized carbons (Fsp3) is 0.389. The SMILES string of the molecule is NC(=O)CSc1nnc(SCC(=O)N2CCC(C(=O)Nc3ccccc3)CC2)s1. The third-order valence-corrected chi connectivity index (χ3v) is 7.50. The number of amides is 3. The maximum absolute atomic E-state index is 12.5. The van der Waals surface area contributed by atoms with E-state index in [9.17, 15) is 14.4 Å². The Morgan fingerprint density at radius 3 is 2.31 bits per heavy atom. The van der Waals surface area contributed by atoms with Gasteiger partial charge in [-0.05, 0) is 25.0 Å². The van der Waals surface area contributed by atoms with Gasteiger partial charge in [0, 0.05) is 24.7 Å². The molecule has 0 saturated carbocycles. The summed E-state index contributed by atoms with van der Waals surface area (Å²) < 4.78 is 1.34. The predicted octanol–water partition coefficient (Wildman–Crippen LogP) is 2.08. The topological polar surface area (TPSA) is 118 Å². The van der Waals surface area contributed by atoms with Gasteiger partial charge in [-0.25, -0.2) is 0 Å². The first-order valence-electron chi connectivity index (χ1n) is 9.02. The van der Waals surface area contributed by atoms with Gasteiger partial charge in [0.1, 0.15) is 0 Å². The Bertz CT molecular complexity index is 853. The van der Waals surface area contributed by atoms with Crippen LogP contribution in [0.25, 0.3) is 0 Å². The number of aromatic nitrogens is 2. The molecule has 3 rings (SSSR count). The van der Waals surface area contributed by atoms with E-state index in [4.69, 9.17) is 5.73 Å². The average Bonchev–Trinajstić information content (AvgIpc) is 3.19. The quantitative estimate of drug-likeness (QED) is 0.590. The zero-order valence-electron chi connectivity index (χ0n) is 15.6. The van der Waals surface area contributed by atoms with Gasteiger partial charge in [-0.15, -0.1) is 10.2 Å². The van der Waals surface area contributed by atoms with Crippen molar-refractivity contribution in [1.29, 1.82) is 0 Å². The number of hydrogen-bond acceptors (Lipinski definition) is 8. The van der Waals surface area contributed by atoms with Crippen molar-refractivity contribution in [3.63, 3.8) is 0 Å². The van der Waals surface area contributed by atoms with Gasteiger partial charge in [-0.3, -0.25) is 14.4 Å². The van der Waals surface area contributed by atoms with E-state index in [2.05, 4.69) is 15.5 Å². The number of benzene rings is 1. The van der Waals surface area contributed by atoms with Crippen molar-refractivity contribution in [1.82, 2.24) is 15.1 Å². The highest BCUT2D eigenvalue weighted by atomic mass is 32.2. The van der Waals surface area contributed by atoms with Crippen molar-refractivity contribution in [2.24, 2.45) is 11.7 Å². The summed E-state index contributed by atoms with van der Waals surface area (Å²) in [6, 6.07) is 9.39. The molecule has 1 aliphatic heterocycles. The average molecular weight is 452 g/mol. The summed E-state index contributed by atoms with van der Waals surface area (Å²) in [5.41, 5.74) is 5.90. The van der Waals surface area contributed by atoms with Crippen LogP contribution in [0.15, 0.2) is 39.0 Å². The predicted molar refractivity (Wildman–Crippen MR) is 115 cm³/mol. The number of anilines is 1. The number of carbonyl (C=O) groups is 3. The van der Waals surface area contributed by atoms with Crippen LogP contribution in [-0.2, 0) is 14.4 Å². The molecule has 1 aromatic carbocycles. The molecule has 3 amide bonds. The molecule has 2 aromatic rings. The lowest BCUT2D eigenvalue weighted by atomic mass is 9.96. The normalized spacial score (nSPS) is 14.6. The van der Waals surface area contributed by atoms with E-state index in [1.54, 1.807) is 4.90 Å². The van der Waals surface area contributed by atoms with E-state index >= 15 is 0 Å². The Labute approximate surface area is 181 Å². The fourth-order valence-corrected chi connectivity index (χ4v) is 5.48. The highest BCUT2D eigenvalue weighted by Crippen LogP contribution is 2.29. The van der Waals surface area contributed by atoms with Crippen molar-refractivity contribution in [3.8, 4) is 0 Å². The number of nitrogens with two attached hydrogens (primary N) is 1. The zero-order valence-corrected chi connectivity index (χ0v) is 18.0. The standard InChI is InChI=1S/C18H21N5O3S3/c19-14(24)10-27-17-21-22-18(29-17)28-11-15(25)23-8-6-12(7-9-23)16(26)20-13-4-2-1-3-5-13/h1-5,12H,6-11H2,(H2,19,24)(H,20,26). The minimum atomic E-state index is -0.407. The van der Waals surface area contributed by atoms with Crippen LogP contribution in [0.3, 0.4) is 0 Å². The van der Waals surface area contributed by atoms with Crippen molar-refractivity contribution >= 4 is 58.3 Å². The Hall–Kier alpha value is -2.11. The van der Waals surface area contributed by atoms with Crippen LogP contribution >= 0.6 is 34.9 Å². The second-order valence-corrected chi connectivity index (χ2v) is 9.81. The molecule has 29 heavy (non-hydrogen) atoms. The maximum Gasteiger partial charge on any atom is 0.233 e. The number of nitrogens with one attached hydrogen (secondary N) is 1. The summed E-state index contributed by atoms with van der Waals surface area (Å²) in [6.45, 7) is 1.14. The minimum absolute atomic E-state index is 0.00697. The van der Waals surface area contributed by atoms with Gasteiger partial charge in [0.05, 0.1) is 11.5 Å². The van der Waals surface area contributed by atoms with Crippen LogP contribution in [-0.4, -0.2) is 57.4 Å². The van der Waals surface area contributed by atoms with Gasteiger partial charge in [-0.2, -0.15) is 0 Å². The molecule has 0 bridgehead atoms. The second-order valence-electron chi connectivity index (χ2n) is 6.39. The molecule has 0 aliphatic carbocycles. The van der Waals surface area contributed by atoms with Gasteiger partial charge < -0.3 is 16.0 Å². The molecule has 1 fully saturated rings. The third kappa shape index (κ3) is 6.72. The maximum atomic E-state index is 12.5. The summed E-state index contributed by atoms with van der Waals surface area (Å²) in [5.74, 6) is -0.0255. The smallest absolute Gasteiger partial charge is 0.233 e. The van der Waals surface area contributed by atoms with Crippen molar-refractivity contribution in [2.45, 2.75) is 21.5 Å². The molecule has 1 saturated heterocycles. The van der Waals surface area contributed by atoms with Crippen LogP contribution in [0.2, 0.25) is 0 Å². The highest BCUT2D eigenvalue weighted by molar-refractivity contribution is 8.03. The number of piperidine rings is 1. The largest absolute Gasteiger partial charge is 0.369 e. The molecule has 11 heteroatoms. The molecule has 154 valence electrons. The molecule has 1 aromatic heterocycles. The van der Waals surface area contributed by atoms with Gasteiger partial charge in [0.25, 0.3) is 0 Å². The lowest BCUT2D eigenvalue weighted by molar-refractivity contribution is -0.132. The summed E-state index contributed by atoms with van der Waals surface area (Å²) in [4.78, 5) is 37.4. The van der Waals surface area contributed by atoms with Gasteiger partial charge in [-0.1, -0.05) is 53.1 Å². The number of para-hydroxylation sites is 1. The van der Waals surface area contributed by atoms with Crippen LogP contribution in [0, 0.1) is 5.92 Å². The van der Waals surface area contributed by atoms with Gasteiger partial charge >= 0.3 is 0 Å². The molecule has 0 unspecified atom stereocenters. The number of likely N-dealkylation sites (tertiary alicyclic amines) is 1. The van der Waals surface area contributed by atoms with Crippen molar-refractivity contribution in [2.75, 3.05) is 29.9 Å². The number of thioether (sulfide) groups is 2. The molecular formula is C18H21N5O3S3. The Balaban J connectivity index is 1.39. The molecule has 2 heterocycles. The number of primary amides is 1. The minimum Gasteiger partial charge on any atom is -0.369 e. The Morgan fingerprint density at radius 1 is 1.07 bits per heavy atom. The van der Waals surface area contributed by atoms with Gasteiger partial charge in [0.15, 0.2) is 8.68 Å². The lowest BCUT2D eigenvalue weighted by Crippen LogP contribution is -2.42. The van der Waals surface area contributed by atoms with Crippen LogP contribution < -0.4 is 11.1 Å². The number of nitrogens with zero attached hydrogens (tertiary/aromatic N) is 3. The van der Waals surface area contributed by atoms with Crippen molar-refractivity contribution < 1.29 is 14.4 Å². The lowest BCUT2D eigenvalue weighted by Gasteiger charge is -2.31. The molecule has 3 N–H and O–H groups in total.